The molecule has 0 unspecified atom stereocenters. The summed E-state index contributed by atoms with van der Waals surface area (Å²) in [6, 6.07) is 18.8. The van der Waals surface area contributed by atoms with Crippen molar-refractivity contribution in [3.05, 3.63) is 59.7 Å². The van der Waals surface area contributed by atoms with Crippen LogP contribution >= 0.6 is 7.92 Å². The summed E-state index contributed by atoms with van der Waals surface area (Å²) in [7, 11) is 4.45. The van der Waals surface area contributed by atoms with E-state index in [1.807, 2.05) is 0 Å². The van der Waals surface area contributed by atoms with Gasteiger partial charge in [-0.15, -0.1) is 10.9 Å². The van der Waals surface area contributed by atoms with Crippen LogP contribution in [0.3, 0.4) is 0 Å². The maximum Gasteiger partial charge on any atom is 0.0150 e. The van der Waals surface area contributed by atoms with Crippen molar-refractivity contribution < 1.29 is 0 Å². The molecule has 0 spiro atoms. The van der Waals surface area contributed by atoms with Crippen LogP contribution in [0.5, 0.6) is 0 Å². The maximum absolute atomic E-state index is 2.52. The molecule has 0 aliphatic heterocycles. The highest BCUT2D eigenvalue weighted by Crippen LogP contribution is 2.56. The molecule has 2 aromatic rings. The van der Waals surface area contributed by atoms with E-state index >= 15 is 0 Å². The summed E-state index contributed by atoms with van der Waals surface area (Å²) in [5.74, 6) is 0. The predicted molar refractivity (Wildman–Crippen MR) is 124 cm³/mol. The molecule has 0 saturated heterocycles. The van der Waals surface area contributed by atoms with Gasteiger partial charge in [0.15, 0.2) is 0 Å². The van der Waals surface area contributed by atoms with E-state index in [1.54, 1.807) is 10.9 Å². The zero-order valence-electron chi connectivity index (χ0n) is 17.8. The Balaban J connectivity index is 1.72. The van der Waals surface area contributed by atoms with E-state index < -0.39 is 0 Å². The van der Waals surface area contributed by atoms with Crippen LogP contribution in [0.25, 0.3) is 0 Å². The van der Waals surface area contributed by atoms with Gasteiger partial charge in [0.25, 0.3) is 0 Å². The normalized spacial score (nSPS) is 20.7. The van der Waals surface area contributed by atoms with E-state index in [1.165, 1.54) is 69.8 Å². The summed E-state index contributed by atoms with van der Waals surface area (Å²) >= 11 is 0. The molecule has 2 fully saturated rings. The molecule has 0 radical (unpaired) electrons. The molecule has 2 aliphatic rings. The summed E-state index contributed by atoms with van der Waals surface area (Å²) in [5, 5.41) is 1.75. The minimum Gasteiger partial charge on any atom is -0.309 e. The van der Waals surface area contributed by atoms with Crippen molar-refractivity contribution in [2.45, 2.75) is 81.6 Å². The Hall–Kier alpha value is -1.04. The second-order valence-electron chi connectivity index (χ2n) is 9.13. The van der Waals surface area contributed by atoms with E-state index in [0.717, 1.165) is 11.3 Å². The van der Waals surface area contributed by atoms with E-state index in [4.69, 9.17) is 0 Å². The molecule has 28 heavy (non-hydrogen) atoms. The van der Waals surface area contributed by atoms with E-state index in [-0.39, 0.29) is 7.92 Å². The first-order valence-corrected chi connectivity index (χ1v) is 13.0. The average molecular weight is 395 g/mol. The Morgan fingerprint density at radius 3 is 1.89 bits per heavy atom. The number of rotatable bonds is 6. The molecule has 2 aliphatic carbocycles. The van der Waals surface area contributed by atoms with Crippen LogP contribution in [0.2, 0.25) is 0 Å². The highest BCUT2D eigenvalue weighted by atomic mass is 31.1. The van der Waals surface area contributed by atoms with Crippen LogP contribution in [0.4, 0.5) is 0 Å². The van der Waals surface area contributed by atoms with Gasteiger partial charge in [0.1, 0.15) is 0 Å². The lowest BCUT2D eigenvalue weighted by molar-refractivity contribution is 0.344. The molecule has 2 heteroatoms. The third kappa shape index (κ3) is 4.42. The SMILES string of the molecule is CN(C)[C@H](c1ccccc1)[c-]1cccc1P(C1CCCCC1)C1CCCCC1. The number of benzene rings is 1. The quantitative estimate of drug-likeness (QED) is 0.383. The van der Waals surface area contributed by atoms with Crippen molar-refractivity contribution in [1.82, 2.24) is 4.90 Å². The lowest BCUT2D eigenvalue weighted by Crippen LogP contribution is -2.30. The zero-order valence-corrected chi connectivity index (χ0v) is 18.7. The van der Waals surface area contributed by atoms with Gasteiger partial charge in [-0.25, -0.2) is 12.1 Å². The topological polar surface area (TPSA) is 3.24 Å². The minimum absolute atomic E-state index is 0.0501. The molecule has 0 amide bonds. The molecule has 1 nitrogen and oxygen atoms in total. The largest absolute Gasteiger partial charge is 0.309 e. The Morgan fingerprint density at radius 1 is 0.786 bits per heavy atom. The van der Waals surface area contributed by atoms with Crippen LogP contribution in [-0.4, -0.2) is 30.3 Å². The fourth-order valence-corrected chi connectivity index (χ4v) is 9.67. The van der Waals surface area contributed by atoms with Crippen LogP contribution < -0.4 is 5.30 Å². The highest BCUT2D eigenvalue weighted by Gasteiger charge is 2.32. The molecule has 4 rings (SSSR count). The second-order valence-corrected chi connectivity index (χ2v) is 11.9. The Morgan fingerprint density at radius 2 is 1.36 bits per heavy atom. The predicted octanol–water partition coefficient (Wildman–Crippen LogP) is 6.83. The van der Waals surface area contributed by atoms with Crippen molar-refractivity contribution in [3.8, 4) is 0 Å². The van der Waals surface area contributed by atoms with Gasteiger partial charge in [0, 0.05) is 6.04 Å². The van der Waals surface area contributed by atoms with Gasteiger partial charge >= 0.3 is 0 Å². The fraction of sp³-hybridized carbons (Fsp3) is 0.577. The molecule has 0 N–H and O–H groups in total. The van der Waals surface area contributed by atoms with Gasteiger partial charge in [0.05, 0.1) is 0 Å². The van der Waals surface area contributed by atoms with Crippen LogP contribution in [0.15, 0.2) is 48.5 Å². The van der Waals surface area contributed by atoms with Crippen LogP contribution in [0, 0.1) is 0 Å². The first-order chi connectivity index (χ1) is 13.8. The molecule has 0 bridgehead atoms. The number of nitrogens with zero attached hydrogens (tertiary/aromatic N) is 1. The lowest BCUT2D eigenvalue weighted by atomic mass is 9.99. The molecule has 2 saturated carbocycles. The monoisotopic (exact) mass is 394 g/mol. The molecule has 0 heterocycles. The van der Waals surface area contributed by atoms with Gasteiger partial charge in [0.2, 0.25) is 0 Å². The van der Waals surface area contributed by atoms with Crippen LogP contribution in [0.1, 0.15) is 81.4 Å². The highest BCUT2D eigenvalue weighted by molar-refractivity contribution is 7.67. The third-order valence-corrected chi connectivity index (χ3v) is 10.5. The zero-order chi connectivity index (χ0) is 19.3. The van der Waals surface area contributed by atoms with E-state index in [9.17, 15) is 0 Å². The smallest absolute Gasteiger partial charge is 0.0150 e. The Kier molecular flexibility index (Phi) is 6.97. The third-order valence-electron chi connectivity index (χ3n) is 6.97. The van der Waals surface area contributed by atoms with Gasteiger partial charge in [-0.05, 0) is 56.7 Å². The standard InChI is InChI=1S/C26H37NP/c1-27(2)26(21-13-6-3-7-14-21)24-19-12-20-25(24)28(22-15-8-4-9-16-22)23-17-10-5-11-18-23/h3,6-7,12-14,19-20,22-23,26H,4-5,8-11,15-18H2,1-2H3/q-1/t26-/m1/s1. The summed E-state index contributed by atoms with van der Waals surface area (Å²) in [6.07, 6.45) is 14.7. The van der Waals surface area contributed by atoms with E-state index in [0.29, 0.717) is 6.04 Å². The first-order valence-electron chi connectivity index (χ1n) is 11.5. The maximum atomic E-state index is 2.52. The molecular formula is C26H37NP-. The summed E-state index contributed by atoms with van der Waals surface area (Å²) in [5.41, 5.74) is 4.96. The first kappa shape index (κ1) is 20.2. The van der Waals surface area contributed by atoms with Crippen molar-refractivity contribution >= 4 is 13.2 Å². The minimum atomic E-state index is -0.0501. The van der Waals surface area contributed by atoms with Crippen molar-refractivity contribution in [3.63, 3.8) is 0 Å². The Labute approximate surface area is 173 Å². The molecule has 1 atom stereocenters. The summed E-state index contributed by atoms with van der Waals surface area (Å²) in [6.45, 7) is 0. The summed E-state index contributed by atoms with van der Waals surface area (Å²) < 4.78 is 0. The Bertz CT molecular complexity index is 689. The number of hydrogen-bond donors (Lipinski definition) is 0. The fourth-order valence-electron chi connectivity index (χ4n) is 5.69. The summed E-state index contributed by atoms with van der Waals surface area (Å²) in [4.78, 5) is 2.42. The van der Waals surface area contributed by atoms with Crippen molar-refractivity contribution in [2.75, 3.05) is 14.1 Å². The van der Waals surface area contributed by atoms with Gasteiger partial charge in [-0.1, -0.05) is 76.8 Å². The molecule has 152 valence electrons. The van der Waals surface area contributed by atoms with Crippen molar-refractivity contribution in [2.24, 2.45) is 0 Å². The second kappa shape index (κ2) is 9.64. The average Bonchev–Trinajstić information content (AvgIpc) is 3.19. The van der Waals surface area contributed by atoms with Gasteiger partial charge < -0.3 is 4.90 Å². The molecule has 2 aromatic carbocycles. The van der Waals surface area contributed by atoms with Gasteiger partial charge in [-0.2, -0.15) is 6.07 Å². The van der Waals surface area contributed by atoms with Crippen LogP contribution in [-0.2, 0) is 0 Å². The molecule has 0 aromatic heterocycles. The van der Waals surface area contributed by atoms with Gasteiger partial charge in [-0.3, -0.25) is 0 Å². The van der Waals surface area contributed by atoms with Crippen molar-refractivity contribution in [1.29, 1.82) is 0 Å². The lowest BCUT2D eigenvalue weighted by Gasteiger charge is -2.43. The number of hydrogen-bond acceptors (Lipinski definition) is 1. The molecular weight excluding hydrogens is 357 g/mol. The van der Waals surface area contributed by atoms with E-state index in [2.05, 4.69) is 67.5 Å².